The number of phenolic OH excluding ortho intramolecular Hbond substituents is 1. The quantitative estimate of drug-likeness (QED) is 0.573. The second-order valence-corrected chi connectivity index (χ2v) is 7.13. The lowest BCUT2D eigenvalue weighted by atomic mass is 9.81. The zero-order valence-corrected chi connectivity index (χ0v) is 16.7. The average molecular weight is 370 g/mol. The third-order valence-electron chi connectivity index (χ3n) is 5.40. The first-order valence-corrected chi connectivity index (χ1v) is 9.51. The molecule has 0 aliphatic rings. The monoisotopic (exact) mass is 370 g/mol. The van der Waals surface area contributed by atoms with Crippen LogP contribution < -0.4 is 4.74 Å². The van der Waals surface area contributed by atoms with E-state index >= 15 is 0 Å². The molecule has 2 aromatic carbocycles. The van der Waals surface area contributed by atoms with Crippen LogP contribution in [0.1, 0.15) is 65.8 Å². The summed E-state index contributed by atoms with van der Waals surface area (Å²) in [6, 6.07) is 10.2. The van der Waals surface area contributed by atoms with Crippen molar-refractivity contribution >= 4 is 5.97 Å². The van der Waals surface area contributed by atoms with Gasteiger partial charge in [-0.05, 0) is 55.9 Å². The highest BCUT2D eigenvalue weighted by molar-refractivity contribution is 5.66. The van der Waals surface area contributed by atoms with Crippen LogP contribution in [0.5, 0.6) is 11.5 Å². The van der Waals surface area contributed by atoms with E-state index in [-0.39, 0.29) is 12.3 Å². The Morgan fingerprint density at radius 2 is 1.67 bits per heavy atom. The lowest BCUT2D eigenvalue weighted by molar-refractivity contribution is -0.137. The van der Waals surface area contributed by atoms with Gasteiger partial charge in [0.25, 0.3) is 0 Å². The van der Waals surface area contributed by atoms with Crippen molar-refractivity contribution in [1.82, 2.24) is 0 Å². The van der Waals surface area contributed by atoms with Gasteiger partial charge in [-0.15, -0.1) is 0 Å². The summed E-state index contributed by atoms with van der Waals surface area (Å²) in [6.07, 6.45) is 3.50. The van der Waals surface area contributed by atoms with Crippen molar-refractivity contribution in [2.75, 3.05) is 7.11 Å². The molecule has 0 heterocycles. The Morgan fingerprint density at radius 1 is 1.00 bits per heavy atom. The number of methoxy groups -OCH3 is 1. The largest absolute Gasteiger partial charge is 0.507 e. The number of ether oxygens (including phenoxy) is 1. The molecule has 2 N–H and O–H groups in total. The molecular weight excluding hydrogens is 340 g/mol. The van der Waals surface area contributed by atoms with Gasteiger partial charge >= 0.3 is 5.97 Å². The number of hydrogen-bond acceptors (Lipinski definition) is 3. The van der Waals surface area contributed by atoms with Gasteiger partial charge in [-0.2, -0.15) is 0 Å². The topological polar surface area (TPSA) is 66.8 Å². The van der Waals surface area contributed by atoms with Crippen LogP contribution in [0.15, 0.2) is 30.3 Å². The highest BCUT2D eigenvalue weighted by atomic mass is 16.5. The maximum Gasteiger partial charge on any atom is 0.303 e. The minimum atomic E-state index is -0.748. The Labute approximate surface area is 161 Å². The summed E-state index contributed by atoms with van der Waals surface area (Å²) in [5.74, 6) is 0.462. The van der Waals surface area contributed by atoms with Gasteiger partial charge in [-0.3, -0.25) is 4.79 Å². The summed E-state index contributed by atoms with van der Waals surface area (Å²) in [6.45, 7) is 5.89. The van der Waals surface area contributed by atoms with E-state index < -0.39 is 5.97 Å². The van der Waals surface area contributed by atoms with E-state index in [1.807, 2.05) is 39.0 Å². The highest BCUT2D eigenvalue weighted by Crippen LogP contribution is 2.44. The first-order chi connectivity index (χ1) is 12.9. The number of carbonyl (C=O) groups is 1. The molecule has 0 amide bonds. The second kappa shape index (κ2) is 9.45. The molecule has 4 heteroatoms. The first kappa shape index (κ1) is 20.8. The molecule has 0 saturated heterocycles. The molecule has 2 aromatic rings. The minimum absolute atomic E-state index is 0.0456. The molecule has 0 bridgehead atoms. The molecule has 0 spiro atoms. The van der Waals surface area contributed by atoms with E-state index in [1.165, 1.54) is 0 Å². The molecule has 1 unspecified atom stereocenters. The number of hydrogen-bond donors (Lipinski definition) is 2. The molecule has 0 aliphatic heterocycles. The van der Waals surface area contributed by atoms with E-state index in [9.17, 15) is 9.90 Å². The van der Waals surface area contributed by atoms with Crippen LogP contribution in [-0.2, 0) is 4.79 Å². The van der Waals surface area contributed by atoms with Crippen LogP contribution in [0.25, 0.3) is 0 Å². The Bertz CT molecular complexity index is 781. The first-order valence-electron chi connectivity index (χ1n) is 9.51. The predicted octanol–water partition coefficient (Wildman–Crippen LogP) is 5.49. The van der Waals surface area contributed by atoms with E-state index in [0.717, 1.165) is 52.8 Å². The van der Waals surface area contributed by atoms with Crippen LogP contribution in [0.3, 0.4) is 0 Å². The predicted molar refractivity (Wildman–Crippen MR) is 108 cm³/mol. The summed E-state index contributed by atoms with van der Waals surface area (Å²) in [7, 11) is 1.67. The fourth-order valence-electron chi connectivity index (χ4n) is 3.83. The normalized spacial score (nSPS) is 12.0. The molecule has 0 saturated carbocycles. The molecule has 146 valence electrons. The molecular formula is C23H30O4. The Morgan fingerprint density at radius 3 is 2.26 bits per heavy atom. The van der Waals surface area contributed by atoms with Gasteiger partial charge in [0.15, 0.2) is 0 Å². The lowest BCUT2D eigenvalue weighted by Gasteiger charge is -2.25. The van der Waals surface area contributed by atoms with Gasteiger partial charge in [-0.25, -0.2) is 0 Å². The highest BCUT2D eigenvalue weighted by Gasteiger charge is 2.25. The maximum atomic E-state index is 11.0. The van der Waals surface area contributed by atoms with Gasteiger partial charge < -0.3 is 14.9 Å². The standard InChI is InChI=1S/C23H30O4/c1-15-16(2)23(27-4)17(3)21(22(15)26)19(18-11-7-5-8-12-18)13-9-6-10-14-20(24)25/h5,7-8,11-12,19,26H,6,9-10,13-14H2,1-4H3,(H,24,25). The second-order valence-electron chi connectivity index (χ2n) is 7.13. The Kier molecular flexibility index (Phi) is 7.28. The number of aliphatic carboxylic acids is 1. The van der Waals surface area contributed by atoms with Gasteiger partial charge in [-0.1, -0.05) is 43.2 Å². The summed E-state index contributed by atoms with van der Waals surface area (Å²) < 4.78 is 5.63. The van der Waals surface area contributed by atoms with Crippen LogP contribution in [-0.4, -0.2) is 23.3 Å². The van der Waals surface area contributed by atoms with Gasteiger partial charge in [0.05, 0.1) is 7.11 Å². The van der Waals surface area contributed by atoms with Crippen molar-refractivity contribution < 1.29 is 19.7 Å². The fourth-order valence-corrected chi connectivity index (χ4v) is 3.83. The third kappa shape index (κ3) is 4.82. The molecule has 0 aromatic heterocycles. The number of benzene rings is 2. The number of phenols is 1. The van der Waals surface area contributed by atoms with Gasteiger partial charge in [0.2, 0.25) is 0 Å². The summed E-state index contributed by atoms with van der Waals surface area (Å²) >= 11 is 0. The Hall–Kier alpha value is -2.49. The zero-order valence-electron chi connectivity index (χ0n) is 16.7. The third-order valence-corrected chi connectivity index (χ3v) is 5.40. The van der Waals surface area contributed by atoms with Crippen LogP contribution in [0.4, 0.5) is 0 Å². The molecule has 0 aliphatic carbocycles. The van der Waals surface area contributed by atoms with E-state index in [0.29, 0.717) is 12.2 Å². The average Bonchev–Trinajstić information content (AvgIpc) is 2.65. The van der Waals surface area contributed by atoms with Crippen LogP contribution in [0, 0.1) is 20.8 Å². The smallest absolute Gasteiger partial charge is 0.303 e. The molecule has 4 nitrogen and oxygen atoms in total. The van der Waals surface area contributed by atoms with Crippen molar-refractivity contribution in [3.05, 3.63) is 58.1 Å². The van der Waals surface area contributed by atoms with Crippen molar-refractivity contribution in [3.63, 3.8) is 0 Å². The minimum Gasteiger partial charge on any atom is -0.507 e. The lowest BCUT2D eigenvalue weighted by Crippen LogP contribution is -2.08. The number of unbranched alkanes of at least 4 members (excludes halogenated alkanes) is 2. The maximum absolute atomic E-state index is 11.0. The van der Waals surface area contributed by atoms with Gasteiger partial charge in [0.1, 0.15) is 11.5 Å². The fraction of sp³-hybridized carbons (Fsp3) is 0.435. The van der Waals surface area contributed by atoms with Gasteiger partial charge in [0, 0.05) is 17.9 Å². The summed E-state index contributed by atoms with van der Waals surface area (Å²) in [4.78, 5) is 10.7. The molecule has 1 atom stereocenters. The number of carboxylic acid groups (broad SMARTS) is 1. The summed E-state index contributed by atoms with van der Waals surface area (Å²) in [5.41, 5.74) is 4.85. The molecule has 2 rings (SSSR count). The SMILES string of the molecule is COc1c(C)c(C)c(O)c(C(CCCCCC(=O)O)c2ccccc2)c1C. The van der Waals surface area contributed by atoms with Crippen LogP contribution in [0.2, 0.25) is 0 Å². The number of aromatic hydroxyl groups is 1. The number of carboxylic acids is 1. The van der Waals surface area contributed by atoms with E-state index in [2.05, 4.69) is 12.1 Å². The summed E-state index contributed by atoms with van der Waals surface area (Å²) in [5, 5.41) is 19.8. The van der Waals surface area contributed by atoms with Crippen molar-refractivity contribution in [2.45, 2.75) is 58.8 Å². The van der Waals surface area contributed by atoms with E-state index in [4.69, 9.17) is 9.84 Å². The molecule has 0 fully saturated rings. The van der Waals surface area contributed by atoms with Crippen molar-refractivity contribution in [1.29, 1.82) is 0 Å². The van der Waals surface area contributed by atoms with Crippen LogP contribution >= 0.6 is 0 Å². The number of rotatable bonds is 9. The van der Waals surface area contributed by atoms with E-state index in [1.54, 1.807) is 7.11 Å². The Balaban J connectivity index is 2.39. The zero-order chi connectivity index (χ0) is 20.0. The van der Waals surface area contributed by atoms with Crippen molar-refractivity contribution in [3.8, 4) is 11.5 Å². The van der Waals surface area contributed by atoms with Crippen molar-refractivity contribution in [2.24, 2.45) is 0 Å². The molecule has 27 heavy (non-hydrogen) atoms. The molecule has 0 radical (unpaired) electrons.